The highest BCUT2D eigenvalue weighted by atomic mass is 16.3. The summed E-state index contributed by atoms with van der Waals surface area (Å²) in [5.41, 5.74) is 0.970. The van der Waals surface area contributed by atoms with Gasteiger partial charge in [-0.05, 0) is 56.8 Å². The Morgan fingerprint density at radius 1 is 1.27 bits per heavy atom. The Kier molecular flexibility index (Phi) is 3.49. The van der Waals surface area contributed by atoms with Crippen LogP contribution in [0.15, 0.2) is 24.3 Å². The molecule has 3 aliphatic rings. The Hall–Kier alpha value is -0.890. The fraction of sp³-hybridized carbons (Fsp3) is 0.750. The Labute approximate surface area is 134 Å². The number of hydrogen-bond acceptors (Lipinski definition) is 2. The molecule has 5 unspecified atom stereocenters. The van der Waals surface area contributed by atoms with Crippen molar-refractivity contribution in [3.05, 3.63) is 24.3 Å². The van der Waals surface area contributed by atoms with Crippen LogP contribution in [0.1, 0.15) is 59.8 Å². The second-order valence-electron chi connectivity index (χ2n) is 8.87. The topological polar surface area (TPSA) is 37.3 Å². The minimum Gasteiger partial charge on any atom is -0.392 e. The second-order valence-corrected chi connectivity index (χ2v) is 8.87. The summed E-state index contributed by atoms with van der Waals surface area (Å²) in [5.74, 6) is 1.41. The van der Waals surface area contributed by atoms with Crippen LogP contribution in [0.5, 0.6) is 0 Å². The largest absolute Gasteiger partial charge is 0.392 e. The van der Waals surface area contributed by atoms with Crippen molar-refractivity contribution in [2.75, 3.05) is 0 Å². The number of carbonyl (C=O) groups is 1. The van der Waals surface area contributed by atoms with E-state index in [0.29, 0.717) is 24.0 Å². The van der Waals surface area contributed by atoms with Crippen LogP contribution in [0.4, 0.5) is 0 Å². The number of aliphatic hydroxyl groups excluding tert-OH is 1. The third kappa shape index (κ3) is 1.99. The van der Waals surface area contributed by atoms with E-state index in [1.165, 1.54) is 5.57 Å². The summed E-state index contributed by atoms with van der Waals surface area (Å²) >= 11 is 0. The van der Waals surface area contributed by atoms with E-state index in [0.717, 1.165) is 25.7 Å². The van der Waals surface area contributed by atoms with Crippen LogP contribution >= 0.6 is 0 Å². The molecule has 2 fully saturated rings. The van der Waals surface area contributed by atoms with Crippen LogP contribution < -0.4 is 0 Å². The predicted octanol–water partition coefficient (Wildman–Crippen LogP) is 4.29. The highest BCUT2D eigenvalue weighted by Gasteiger charge is 2.57. The first kappa shape index (κ1) is 16.0. The van der Waals surface area contributed by atoms with E-state index in [1.807, 2.05) is 6.08 Å². The van der Waals surface area contributed by atoms with Crippen LogP contribution in [0.25, 0.3) is 0 Å². The van der Waals surface area contributed by atoms with Gasteiger partial charge in [0.2, 0.25) is 0 Å². The molecule has 2 heteroatoms. The number of aliphatic hydroxyl groups is 1. The average molecular weight is 302 g/mol. The lowest BCUT2D eigenvalue weighted by molar-refractivity contribution is -0.132. The van der Waals surface area contributed by atoms with Crippen LogP contribution in [0.3, 0.4) is 0 Å². The number of rotatable bonds is 1. The standard InChI is InChI=1S/C20H30O2/c1-6-19(4)11-13-7-8-14-15(20(13,5)12-17(19)22)9-10-16(21)18(14,2)3/h6,8,13,15,17,22H,1,7,9-12H2,2-5H3. The van der Waals surface area contributed by atoms with Gasteiger partial charge < -0.3 is 5.11 Å². The summed E-state index contributed by atoms with van der Waals surface area (Å²) in [6.07, 6.45) is 8.49. The van der Waals surface area contributed by atoms with Crippen LogP contribution in [-0.2, 0) is 4.79 Å². The van der Waals surface area contributed by atoms with Crippen molar-refractivity contribution < 1.29 is 9.90 Å². The smallest absolute Gasteiger partial charge is 0.142 e. The molecule has 0 aromatic heterocycles. The monoisotopic (exact) mass is 302 g/mol. The molecule has 122 valence electrons. The number of Topliss-reactive ketones (excluding diaryl/α,β-unsaturated/α-hetero) is 1. The summed E-state index contributed by atoms with van der Waals surface area (Å²) in [6, 6.07) is 0. The number of carbonyl (C=O) groups excluding carboxylic acids is 1. The maximum atomic E-state index is 12.3. The van der Waals surface area contributed by atoms with Gasteiger partial charge in [0.15, 0.2) is 0 Å². The molecule has 2 nitrogen and oxygen atoms in total. The summed E-state index contributed by atoms with van der Waals surface area (Å²) in [5, 5.41) is 10.7. The molecule has 5 atom stereocenters. The third-order valence-corrected chi connectivity index (χ3v) is 7.35. The van der Waals surface area contributed by atoms with Gasteiger partial charge in [-0.1, -0.05) is 31.6 Å². The molecule has 0 saturated heterocycles. The van der Waals surface area contributed by atoms with E-state index in [-0.39, 0.29) is 22.3 Å². The lowest BCUT2D eigenvalue weighted by Gasteiger charge is -2.59. The van der Waals surface area contributed by atoms with Gasteiger partial charge in [-0.25, -0.2) is 0 Å². The quantitative estimate of drug-likeness (QED) is 0.734. The van der Waals surface area contributed by atoms with E-state index in [4.69, 9.17) is 0 Å². The van der Waals surface area contributed by atoms with Crippen LogP contribution in [0.2, 0.25) is 0 Å². The average Bonchev–Trinajstić information content (AvgIpc) is 2.45. The summed E-state index contributed by atoms with van der Waals surface area (Å²) in [7, 11) is 0. The molecule has 2 saturated carbocycles. The zero-order valence-corrected chi connectivity index (χ0v) is 14.5. The molecule has 0 aromatic carbocycles. The van der Waals surface area contributed by atoms with Crippen LogP contribution in [0, 0.1) is 28.1 Å². The maximum absolute atomic E-state index is 12.3. The molecule has 0 amide bonds. The van der Waals surface area contributed by atoms with E-state index in [9.17, 15) is 9.90 Å². The Morgan fingerprint density at radius 3 is 2.59 bits per heavy atom. The minimum absolute atomic E-state index is 0.115. The van der Waals surface area contributed by atoms with Gasteiger partial charge in [0.25, 0.3) is 0 Å². The van der Waals surface area contributed by atoms with Gasteiger partial charge in [0, 0.05) is 17.3 Å². The first-order valence-corrected chi connectivity index (χ1v) is 8.70. The van der Waals surface area contributed by atoms with Gasteiger partial charge >= 0.3 is 0 Å². The van der Waals surface area contributed by atoms with Crippen molar-refractivity contribution in [1.82, 2.24) is 0 Å². The van der Waals surface area contributed by atoms with E-state index in [1.54, 1.807) is 0 Å². The van der Waals surface area contributed by atoms with Gasteiger partial charge in [-0.2, -0.15) is 0 Å². The van der Waals surface area contributed by atoms with Gasteiger partial charge in [-0.15, -0.1) is 6.58 Å². The number of hydrogen-bond donors (Lipinski definition) is 1. The molecular weight excluding hydrogens is 272 g/mol. The second kappa shape index (κ2) is 4.80. The molecule has 0 aliphatic heterocycles. The van der Waals surface area contributed by atoms with E-state index in [2.05, 4.69) is 40.3 Å². The van der Waals surface area contributed by atoms with Crippen molar-refractivity contribution in [2.45, 2.75) is 65.9 Å². The molecule has 0 bridgehead atoms. The van der Waals surface area contributed by atoms with Crippen molar-refractivity contribution in [1.29, 1.82) is 0 Å². The minimum atomic E-state index is -0.327. The lowest BCUT2D eigenvalue weighted by Crippen LogP contribution is -2.54. The van der Waals surface area contributed by atoms with Gasteiger partial charge in [0.1, 0.15) is 5.78 Å². The maximum Gasteiger partial charge on any atom is 0.142 e. The number of fused-ring (bicyclic) bond motifs is 3. The van der Waals surface area contributed by atoms with Crippen molar-refractivity contribution in [3.63, 3.8) is 0 Å². The SMILES string of the molecule is C=CC1(C)CC2CC=C3C(CCC(=O)C3(C)C)C2(C)CC1O. The Morgan fingerprint density at radius 2 is 1.95 bits per heavy atom. The van der Waals surface area contributed by atoms with Crippen molar-refractivity contribution >= 4 is 5.78 Å². The zero-order valence-electron chi connectivity index (χ0n) is 14.5. The Balaban J connectivity index is 2.00. The molecule has 3 rings (SSSR count). The lowest BCUT2D eigenvalue weighted by atomic mass is 9.46. The highest BCUT2D eigenvalue weighted by Crippen LogP contribution is 2.62. The summed E-state index contributed by atoms with van der Waals surface area (Å²) < 4.78 is 0. The van der Waals surface area contributed by atoms with Gasteiger partial charge in [-0.3, -0.25) is 4.79 Å². The Bertz CT molecular complexity index is 544. The van der Waals surface area contributed by atoms with Crippen molar-refractivity contribution in [2.24, 2.45) is 28.1 Å². The molecule has 3 aliphatic carbocycles. The first-order valence-electron chi connectivity index (χ1n) is 8.70. The summed E-state index contributed by atoms with van der Waals surface area (Å²) in [4.78, 5) is 12.3. The fourth-order valence-electron chi connectivity index (χ4n) is 5.41. The molecule has 0 heterocycles. The van der Waals surface area contributed by atoms with E-state index >= 15 is 0 Å². The molecule has 0 aromatic rings. The highest BCUT2D eigenvalue weighted by molar-refractivity contribution is 5.88. The molecule has 0 spiro atoms. The van der Waals surface area contributed by atoms with Crippen molar-refractivity contribution in [3.8, 4) is 0 Å². The molecule has 1 N–H and O–H groups in total. The molecule has 0 radical (unpaired) electrons. The predicted molar refractivity (Wildman–Crippen MR) is 89.4 cm³/mol. The number of ketones is 1. The first-order chi connectivity index (χ1) is 10.1. The number of allylic oxidation sites excluding steroid dienone is 2. The molecule has 22 heavy (non-hydrogen) atoms. The fourth-order valence-corrected chi connectivity index (χ4v) is 5.41. The van der Waals surface area contributed by atoms with E-state index < -0.39 is 0 Å². The normalized spacial score (nSPS) is 47.2. The zero-order chi connectivity index (χ0) is 16.3. The summed E-state index contributed by atoms with van der Waals surface area (Å²) in [6.45, 7) is 12.6. The van der Waals surface area contributed by atoms with Crippen LogP contribution in [-0.4, -0.2) is 17.0 Å². The molecular formula is C20H30O2. The third-order valence-electron chi connectivity index (χ3n) is 7.35. The van der Waals surface area contributed by atoms with Gasteiger partial charge in [0.05, 0.1) is 6.10 Å².